The van der Waals surface area contributed by atoms with Crippen LogP contribution in [0.1, 0.15) is 41.8 Å². The number of methoxy groups -OCH3 is 1. The fourth-order valence-corrected chi connectivity index (χ4v) is 4.23. The van der Waals surface area contributed by atoms with Crippen molar-refractivity contribution in [1.82, 2.24) is 9.88 Å². The number of nitrogens with zero attached hydrogens (tertiary/aromatic N) is 2. The number of aromatic nitrogens is 1. The van der Waals surface area contributed by atoms with Crippen molar-refractivity contribution in [2.24, 2.45) is 0 Å². The summed E-state index contributed by atoms with van der Waals surface area (Å²) in [6, 6.07) is 17.0. The van der Waals surface area contributed by atoms with Crippen LogP contribution in [0.3, 0.4) is 0 Å². The number of ketones is 1. The lowest BCUT2D eigenvalue weighted by atomic mass is 9.97. The van der Waals surface area contributed by atoms with Crippen LogP contribution in [0, 0.1) is 6.92 Å². The Morgan fingerprint density at radius 2 is 1.83 bits per heavy atom. The SMILES string of the molecule is CCCOc1ccc(/C(O)=C2/C(=O)C(=O)N(Cc3ccccc3OC)C2c2ccccn2)cc1C. The lowest BCUT2D eigenvalue weighted by Crippen LogP contribution is -2.29. The number of ether oxygens (including phenoxy) is 2. The van der Waals surface area contributed by atoms with Gasteiger partial charge in [0, 0.05) is 17.3 Å². The number of aliphatic hydroxyl groups is 1. The number of hydrogen-bond donors (Lipinski definition) is 1. The number of para-hydroxylation sites is 1. The standard InChI is InChI=1S/C28H28N2O5/c1-4-15-35-22-13-12-19(16-18(22)2)26(31)24-25(21-10-7-8-14-29-21)30(28(33)27(24)32)17-20-9-5-6-11-23(20)34-3/h5-14,16,25,31H,4,15,17H2,1-3H3/b26-24-. The third kappa shape index (κ3) is 4.75. The summed E-state index contributed by atoms with van der Waals surface area (Å²) in [5, 5.41) is 11.3. The Balaban J connectivity index is 1.81. The Bertz CT molecular complexity index is 1270. The zero-order chi connectivity index (χ0) is 24.9. The summed E-state index contributed by atoms with van der Waals surface area (Å²) in [5.74, 6) is -0.384. The summed E-state index contributed by atoms with van der Waals surface area (Å²) in [6.45, 7) is 4.60. The lowest BCUT2D eigenvalue weighted by molar-refractivity contribution is -0.140. The number of carbonyl (C=O) groups is 2. The minimum absolute atomic E-state index is 0.00484. The van der Waals surface area contributed by atoms with Gasteiger partial charge in [-0.15, -0.1) is 0 Å². The topological polar surface area (TPSA) is 89.0 Å². The second-order valence-electron chi connectivity index (χ2n) is 8.32. The van der Waals surface area contributed by atoms with Crippen molar-refractivity contribution in [3.63, 3.8) is 0 Å². The number of carbonyl (C=O) groups excluding carboxylic acids is 2. The highest BCUT2D eigenvalue weighted by Crippen LogP contribution is 2.40. The van der Waals surface area contributed by atoms with Gasteiger partial charge in [0.1, 0.15) is 23.3 Å². The number of rotatable bonds is 8. The monoisotopic (exact) mass is 472 g/mol. The first-order valence-corrected chi connectivity index (χ1v) is 11.5. The van der Waals surface area contributed by atoms with E-state index in [1.807, 2.05) is 32.0 Å². The average Bonchev–Trinajstić information content (AvgIpc) is 3.13. The predicted molar refractivity (Wildman–Crippen MR) is 132 cm³/mol. The highest BCUT2D eigenvalue weighted by molar-refractivity contribution is 6.46. The second kappa shape index (κ2) is 10.4. The van der Waals surface area contributed by atoms with E-state index in [-0.39, 0.29) is 17.9 Å². The van der Waals surface area contributed by atoms with E-state index < -0.39 is 17.7 Å². The highest BCUT2D eigenvalue weighted by Gasteiger charge is 2.47. The number of aliphatic hydroxyl groups excluding tert-OH is 1. The first-order valence-electron chi connectivity index (χ1n) is 11.5. The van der Waals surface area contributed by atoms with Crippen molar-refractivity contribution in [3.05, 3.63) is 94.8 Å². The average molecular weight is 473 g/mol. The molecule has 1 saturated heterocycles. The van der Waals surface area contributed by atoms with Gasteiger partial charge in [-0.25, -0.2) is 0 Å². The molecule has 1 aliphatic rings. The summed E-state index contributed by atoms with van der Waals surface area (Å²) >= 11 is 0. The molecule has 2 heterocycles. The molecule has 7 nitrogen and oxygen atoms in total. The molecule has 180 valence electrons. The minimum atomic E-state index is -0.850. The Hall–Kier alpha value is -4.13. The maximum Gasteiger partial charge on any atom is 0.296 e. The maximum absolute atomic E-state index is 13.3. The van der Waals surface area contributed by atoms with Gasteiger partial charge >= 0.3 is 0 Å². The van der Waals surface area contributed by atoms with Gasteiger partial charge in [0.05, 0.1) is 31.5 Å². The Morgan fingerprint density at radius 1 is 1.06 bits per heavy atom. The van der Waals surface area contributed by atoms with E-state index in [0.717, 1.165) is 17.5 Å². The number of benzene rings is 2. The van der Waals surface area contributed by atoms with E-state index in [1.54, 1.807) is 55.8 Å². The van der Waals surface area contributed by atoms with Crippen LogP contribution in [0.15, 0.2) is 72.4 Å². The Kier molecular flexibility index (Phi) is 7.15. The summed E-state index contributed by atoms with van der Waals surface area (Å²) in [7, 11) is 1.55. The molecule has 35 heavy (non-hydrogen) atoms. The Morgan fingerprint density at radius 3 is 2.51 bits per heavy atom. The normalized spacial score (nSPS) is 17.0. The molecule has 7 heteroatoms. The molecular weight excluding hydrogens is 444 g/mol. The van der Waals surface area contributed by atoms with Crippen molar-refractivity contribution in [1.29, 1.82) is 0 Å². The summed E-state index contributed by atoms with van der Waals surface area (Å²) in [4.78, 5) is 32.3. The van der Waals surface area contributed by atoms with Gasteiger partial charge in [0.2, 0.25) is 0 Å². The zero-order valence-electron chi connectivity index (χ0n) is 20.0. The number of Topliss-reactive ketones (excluding diaryl/α,β-unsaturated/α-hetero) is 1. The van der Waals surface area contributed by atoms with Gasteiger partial charge in [0.25, 0.3) is 11.7 Å². The van der Waals surface area contributed by atoms with E-state index in [4.69, 9.17) is 9.47 Å². The van der Waals surface area contributed by atoms with Gasteiger partial charge in [-0.2, -0.15) is 0 Å². The van der Waals surface area contributed by atoms with E-state index in [0.29, 0.717) is 29.4 Å². The van der Waals surface area contributed by atoms with Gasteiger partial charge < -0.3 is 19.5 Å². The first kappa shape index (κ1) is 24.0. The zero-order valence-corrected chi connectivity index (χ0v) is 20.0. The summed E-state index contributed by atoms with van der Waals surface area (Å²) in [6.07, 6.45) is 2.48. The van der Waals surface area contributed by atoms with E-state index in [9.17, 15) is 14.7 Å². The molecule has 0 radical (unpaired) electrons. The van der Waals surface area contributed by atoms with Gasteiger partial charge in [-0.1, -0.05) is 31.2 Å². The molecule has 0 spiro atoms. The molecule has 0 saturated carbocycles. The molecule has 1 N–H and O–H groups in total. The van der Waals surface area contributed by atoms with E-state index in [2.05, 4.69) is 4.98 Å². The minimum Gasteiger partial charge on any atom is -0.507 e. The van der Waals surface area contributed by atoms with Crippen LogP contribution in [0.5, 0.6) is 11.5 Å². The van der Waals surface area contributed by atoms with Crippen LogP contribution in [-0.4, -0.2) is 40.4 Å². The van der Waals surface area contributed by atoms with Crippen LogP contribution < -0.4 is 9.47 Å². The van der Waals surface area contributed by atoms with Crippen LogP contribution in [0.4, 0.5) is 0 Å². The predicted octanol–water partition coefficient (Wildman–Crippen LogP) is 4.81. The third-order valence-electron chi connectivity index (χ3n) is 5.95. The van der Waals surface area contributed by atoms with Gasteiger partial charge in [-0.3, -0.25) is 14.6 Å². The highest BCUT2D eigenvalue weighted by atomic mass is 16.5. The van der Waals surface area contributed by atoms with Gasteiger partial charge in [0.15, 0.2) is 0 Å². The third-order valence-corrected chi connectivity index (χ3v) is 5.95. The number of likely N-dealkylation sites (tertiary alicyclic amines) is 1. The molecule has 1 amide bonds. The molecule has 1 atom stereocenters. The second-order valence-corrected chi connectivity index (χ2v) is 8.32. The number of hydrogen-bond acceptors (Lipinski definition) is 6. The number of aryl methyl sites for hydroxylation is 1. The van der Waals surface area contributed by atoms with Crippen LogP contribution in [0.25, 0.3) is 5.76 Å². The largest absolute Gasteiger partial charge is 0.507 e. The van der Waals surface area contributed by atoms with Crippen LogP contribution >= 0.6 is 0 Å². The number of pyridine rings is 1. The van der Waals surface area contributed by atoms with Crippen molar-refractivity contribution < 1.29 is 24.2 Å². The molecule has 3 aromatic rings. The fraction of sp³-hybridized carbons (Fsp3) is 0.250. The molecule has 1 fully saturated rings. The van der Waals surface area contributed by atoms with Crippen molar-refractivity contribution >= 4 is 17.4 Å². The molecule has 1 aliphatic heterocycles. The summed E-state index contributed by atoms with van der Waals surface area (Å²) in [5.41, 5.74) is 2.49. The maximum atomic E-state index is 13.3. The van der Waals surface area contributed by atoms with Crippen molar-refractivity contribution in [3.8, 4) is 11.5 Å². The quantitative estimate of drug-likeness (QED) is 0.288. The van der Waals surface area contributed by atoms with Crippen molar-refractivity contribution in [2.75, 3.05) is 13.7 Å². The lowest BCUT2D eigenvalue weighted by Gasteiger charge is -2.25. The van der Waals surface area contributed by atoms with E-state index in [1.165, 1.54) is 4.90 Å². The molecule has 1 aromatic heterocycles. The van der Waals surface area contributed by atoms with Gasteiger partial charge in [-0.05, 0) is 55.3 Å². The number of amides is 1. The Labute approximate surface area is 204 Å². The fourth-order valence-electron chi connectivity index (χ4n) is 4.23. The molecule has 2 aromatic carbocycles. The first-order chi connectivity index (χ1) is 17.0. The summed E-state index contributed by atoms with van der Waals surface area (Å²) < 4.78 is 11.2. The molecule has 1 unspecified atom stereocenters. The molecule has 4 rings (SSSR count). The van der Waals surface area contributed by atoms with Crippen LogP contribution in [-0.2, 0) is 16.1 Å². The van der Waals surface area contributed by atoms with Crippen LogP contribution in [0.2, 0.25) is 0 Å². The molecule has 0 bridgehead atoms. The molecule has 0 aliphatic carbocycles. The van der Waals surface area contributed by atoms with E-state index >= 15 is 0 Å². The molecular formula is C28H28N2O5. The van der Waals surface area contributed by atoms with Crippen molar-refractivity contribution in [2.45, 2.75) is 32.9 Å². The smallest absolute Gasteiger partial charge is 0.296 e.